The molecule has 0 bridgehead atoms. The predicted molar refractivity (Wildman–Crippen MR) is 153 cm³/mol. The molecule has 2 N–H and O–H groups in total. The minimum absolute atomic E-state index is 0.0127. The molecule has 0 saturated carbocycles. The van der Waals surface area contributed by atoms with Gasteiger partial charge >= 0.3 is 0 Å². The summed E-state index contributed by atoms with van der Waals surface area (Å²) in [6.45, 7) is 3.60. The van der Waals surface area contributed by atoms with Crippen molar-refractivity contribution in [2.75, 3.05) is 31.5 Å². The molecule has 2 aromatic carbocycles. The summed E-state index contributed by atoms with van der Waals surface area (Å²) < 4.78 is 62.4. The average molecular weight is 608 g/mol. The Labute approximate surface area is 239 Å². The van der Waals surface area contributed by atoms with Crippen LogP contribution in [0.15, 0.2) is 75.1 Å². The van der Waals surface area contributed by atoms with Gasteiger partial charge in [0.2, 0.25) is 5.91 Å². The molecule has 10 nitrogen and oxygen atoms in total. The normalized spacial score (nSPS) is 19.2. The van der Waals surface area contributed by atoms with Gasteiger partial charge in [-0.3, -0.25) is 9.52 Å². The van der Waals surface area contributed by atoms with Crippen molar-refractivity contribution in [2.24, 2.45) is 5.92 Å². The van der Waals surface area contributed by atoms with E-state index in [2.05, 4.69) is 4.72 Å². The van der Waals surface area contributed by atoms with E-state index in [1.807, 2.05) is 6.92 Å². The van der Waals surface area contributed by atoms with Crippen LogP contribution in [0.5, 0.6) is 5.75 Å². The van der Waals surface area contributed by atoms with E-state index in [4.69, 9.17) is 4.74 Å². The highest BCUT2D eigenvalue weighted by Crippen LogP contribution is 2.31. The minimum Gasteiger partial charge on any atom is -0.488 e. The molecule has 1 aliphatic heterocycles. The van der Waals surface area contributed by atoms with Gasteiger partial charge in [-0.2, -0.15) is 4.31 Å². The summed E-state index contributed by atoms with van der Waals surface area (Å²) in [6, 6.07) is 15.3. The summed E-state index contributed by atoms with van der Waals surface area (Å²) in [5, 5.41) is 11.5. The first-order chi connectivity index (χ1) is 18.9. The second kappa shape index (κ2) is 12.3. The number of aliphatic hydroxyl groups is 1. The fourth-order valence-electron chi connectivity index (χ4n) is 4.44. The Morgan fingerprint density at radius 3 is 2.50 bits per heavy atom. The van der Waals surface area contributed by atoms with Gasteiger partial charge in [0.05, 0.1) is 30.5 Å². The van der Waals surface area contributed by atoms with Crippen LogP contribution in [-0.4, -0.2) is 75.9 Å². The Hall–Kier alpha value is -2.97. The Kier molecular flexibility index (Phi) is 9.20. The highest BCUT2D eigenvalue weighted by molar-refractivity contribution is 7.92. The van der Waals surface area contributed by atoms with Crippen molar-refractivity contribution < 1.29 is 31.5 Å². The van der Waals surface area contributed by atoms with Gasteiger partial charge < -0.3 is 14.7 Å². The number of anilines is 1. The van der Waals surface area contributed by atoms with Crippen LogP contribution in [-0.2, 0) is 31.3 Å². The van der Waals surface area contributed by atoms with Crippen molar-refractivity contribution in [3.63, 3.8) is 0 Å². The van der Waals surface area contributed by atoms with Crippen molar-refractivity contribution in [3.8, 4) is 5.75 Å². The lowest BCUT2D eigenvalue weighted by molar-refractivity contribution is -0.134. The third-order valence-corrected chi connectivity index (χ3v) is 11.4. The molecule has 13 heteroatoms. The van der Waals surface area contributed by atoms with Gasteiger partial charge in [-0.15, -0.1) is 11.3 Å². The van der Waals surface area contributed by atoms with Gasteiger partial charge in [-0.25, -0.2) is 16.8 Å². The van der Waals surface area contributed by atoms with Crippen LogP contribution >= 0.6 is 11.3 Å². The van der Waals surface area contributed by atoms with E-state index in [0.29, 0.717) is 11.3 Å². The summed E-state index contributed by atoms with van der Waals surface area (Å²) in [6.07, 6.45) is -0.742. The second-order valence-corrected chi connectivity index (χ2v) is 14.7. The Bertz CT molecular complexity index is 1530. The number of sulfonamides is 2. The summed E-state index contributed by atoms with van der Waals surface area (Å²) in [5.41, 5.74) is 0.693. The number of aliphatic hydroxyl groups excluding tert-OH is 1. The smallest absolute Gasteiger partial charge is 0.261 e. The first-order valence-corrected chi connectivity index (χ1v) is 16.5. The van der Waals surface area contributed by atoms with Crippen molar-refractivity contribution in [1.29, 1.82) is 0 Å². The van der Waals surface area contributed by atoms with Gasteiger partial charge in [0.15, 0.2) is 0 Å². The quantitative estimate of drug-likeness (QED) is 0.382. The van der Waals surface area contributed by atoms with E-state index < -0.39 is 32.2 Å². The zero-order chi connectivity index (χ0) is 29.1. The molecule has 0 saturated heterocycles. The molecule has 0 fully saturated rings. The number of nitrogens with zero attached hydrogens (tertiary/aromatic N) is 2. The van der Waals surface area contributed by atoms with Gasteiger partial charge in [0, 0.05) is 30.8 Å². The molecule has 0 radical (unpaired) electrons. The number of rotatable bonds is 9. The third-order valence-electron chi connectivity index (χ3n) is 6.82. The monoisotopic (exact) mass is 607 g/mol. The topological polar surface area (TPSA) is 133 Å². The fourth-order valence-corrected chi connectivity index (χ4v) is 7.89. The van der Waals surface area contributed by atoms with Gasteiger partial charge in [-0.1, -0.05) is 31.2 Å². The number of carbonyl (C=O) groups excluding carboxylic acids is 1. The number of hydrogen-bond acceptors (Lipinski definition) is 8. The molecule has 40 heavy (non-hydrogen) atoms. The van der Waals surface area contributed by atoms with E-state index in [9.17, 15) is 26.7 Å². The molecule has 4 rings (SSSR count). The van der Waals surface area contributed by atoms with Gasteiger partial charge in [0.25, 0.3) is 20.0 Å². The lowest BCUT2D eigenvalue weighted by Crippen LogP contribution is -2.48. The number of likely N-dealkylation sites (N-methyl/N-ethyl adjacent to an activating group) is 1. The van der Waals surface area contributed by atoms with Crippen LogP contribution in [0.3, 0.4) is 0 Å². The predicted octanol–water partition coefficient (Wildman–Crippen LogP) is 3.02. The number of amides is 1. The largest absolute Gasteiger partial charge is 0.488 e. The Morgan fingerprint density at radius 1 is 1.12 bits per heavy atom. The molecular formula is C27H33N3O7S3. The average Bonchev–Trinajstić information content (AvgIpc) is 3.49. The Morgan fingerprint density at radius 2 is 1.85 bits per heavy atom. The maximum absolute atomic E-state index is 13.4. The van der Waals surface area contributed by atoms with Crippen LogP contribution in [0.4, 0.5) is 5.69 Å². The molecule has 0 unspecified atom stereocenters. The molecule has 1 aromatic heterocycles. The van der Waals surface area contributed by atoms with Crippen molar-refractivity contribution >= 4 is 43.0 Å². The van der Waals surface area contributed by atoms with Crippen molar-refractivity contribution in [1.82, 2.24) is 9.21 Å². The standard InChI is InChI=1S/C27H33N3O7S3/c1-19-16-30(20(2)18-31)26(32)15-21-14-22(28-39(33,34)23-8-5-4-6-9-23)11-12-24(21)37-25(19)17-29(3)40(35,36)27-10-7-13-38-27/h4-14,19-20,25,28,31H,15-18H2,1-3H3/t19-,20+,25-/m1/s1. The fraction of sp³-hybridized carbons (Fsp3) is 0.370. The Balaban J connectivity index is 1.68. The van der Waals surface area contributed by atoms with Crippen LogP contribution < -0.4 is 9.46 Å². The van der Waals surface area contributed by atoms with E-state index in [1.165, 1.54) is 23.5 Å². The van der Waals surface area contributed by atoms with Crippen LogP contribution in [0, 0.1) is 5.92 Å². The lowest BCUT2D eigenvalue weighted by Gasteiger charge is -2.33. The molecular weight excluding hydrogens is 575 g/mol. The minimum atomic E-state index is -3.87. The third kappa shape index (κ3) is 6.66. The molecule has 3 atom stereocenters. The molecule has 0 spiro atoms. The first-order valence-electron chi connectivity index (χ1n) is 12.7. The highest BCUT2D eigenvalue weighted by atomic mass is 32.2. The van der Waals surface area contributed by atoms with Crippen LogP contribution in [0.2, 0.25) is 0 Å². The SMILES string of the molecule is C[C@@H]1CN([C@@H](C)CO)C(=O)Cc2cc(NS(=O)(=O)c3ccccc3)ccc2O[C@@H]1CN(C)S(=O)(=O)c1cccs1. The summed E-state index contributed by atoms with van der Waals surface area (Å²) in [4.78, 5) is 15.1. The first kappa shape index (κ1) is 30.0. The van der Waals surface area contributed by atoms with E-state index >= 15 is 0 Å². The highest BCUT2D eigenvalue weighted by Gasteiger charge is 2.33. The van der Waals surface area contributed by atoms with E-state index in [1.54, 1.807) is 65.7 Å². The molecule has 1 aliphatic rings. The van der Waals surface area contributed by atoms with E-state index in [-0.39, 0.29) is 52.7 Å². The summed E-state index contributed by atoms with van der Waals surface area (Å²) >= 11 is 1.13. The van der Waals surface area contributed by atoms with E-state index in [0.717, 1.165) is 11.3 Å². The molecule has 1 amide bonds. The van der Waals surface area contributed by atoms with Gasteiger partial charge in [-0.05, 0) is 48.7 Å². The molecule has 216 valence electrons. The number of nitrogens with one attached hydrogen (secondary N) is 1. The zero-order valence-electron chi connectivity index (χ0n) is 22.4. The van der Waals surface area contributed by atoms with Crippen LogP contribution in [0.25, 0.3) is 0 Å². The maximum Gasteiger partial charge on any atom is 0.261 e. The van der Waals surface area contributed by atoms with Gasteiger partial charge in [0.1, 0.15) is 16.1 Å². The van der Waals surface area contributed by atoms with Crippen molar-refractivity contribution in [2.45, 2.75) is 41.5 Å². The number of fused-ring (bicyclic) bond motifs is 1. The second-order valence-electron chi connectivity index (χ2n) is 9.85. The molecule has 3 aromatic rings. The lowest BCUT2D eigenvalue weighted by atomic mass is 10.0. The maximum atomic E-state index is 13.4. The number of hydrogen-bond donors (Lipinski definition) is 2. The summed E-state index contributed by atoms with van der Waals surface area (Å²) in [5.74, 6) is -0.212. The number of thiophene rings is 1. The molecule has 2 heterocycles. The number of carbonyl (C=O) groups is 1. The number of ether oxygens (including phenoxy) is 1. The number of benzene rings is 2. The van der Waals surface area contributed by atoms with Crippen LogP contribution in [0.1, 0.15) is 19.4 Å². The summed E-state index contributed by atoms with van der Waals surface area (Å²) in [7, 11) is -6.13. The zero-order valence-corrected chi connectivity index (χ0v) is 24.9. The van der Waals surface area contributed by atoms with Crippen molar-refractivity contribution in [3.05, 3.63) is 71.6 Å². The molecule has 0 aliphatic carbocycles.